The van der Waals surface area contributed by atoms with Gasteiger partial charge < -0.3 is 10.6 Å². The first-order valence-corrected chi connectivity index (χ1v) is 10.3. The summed E-state index contributed by atoms with van der Waals surface area (Å²) in [6.45, 7) is 11.2. The predicted molar refractivity (Wildman–Crippen MR) is 102 cm³/mol. The smallest absolute Gasteiger partial charge is 0.191 e. The van der Waals surface area contributed by atoms with Crippen molar-refractivity contribution in [3.8, 4) is 0 Å². The van der Waals surface area contributed by atoms with Gasteiger partial charge in [0, 0.05) is 37.8 Å². The van der Waals surface area contributed by atoms with Gasteiger partial charge in [0.1, 0.15) is 0 Å². The van der Waals surface area contributed by atoms with Crippen molar-refractivity contribution in [3.05, 3.63) is 0 Å². The minimum Gasteiger partial charge on any atom is -0.357 e. The summed E-state index contributed by atoms with van der Waals surface area (Å²) in [5.74, 6) is 1.03. The Labute approximate surface area is 148 Å². The molecule has 3 fully saturated rings. The lowest BCUT2D eigenvalue weighted by Gasteiger charge is -2.24. The Hall–Kier alpha value is -0.810. The molecule has 0 spiro atoms. The van der Waals surface area contributed by atoms with E-state index in [0.29, 0.717) is 12.1 Å². The molecule has 0 radical (unpaired) electrons. The molecule has 1 saturated carbocycles. The van der Waals surface area contributed by atoms with E-state index in [1.54, 1.807) is 0 Å². The van der Waals surface area contributed by atoms with Gasteiger partial charge in [-0.2, -0.15) is 0 Å². The number of hydrogen-bond donors (Lipinski definition) is 2. The zero-order valence-electron chi connectivity index (χ0n) is 15.8. The number of guanidine groups is 1. The molecule has 2 heterocycles. The summed E-state index contributed by atoms with van der Waals surface area (Å²) in [5, 5.41) is 7.16. The van der Waals surface area contributed by atoms with E-state index in [0.717, 1.165) is 31.6 Å². The molecule has 0 aromatic heterocycles. The lowest BCUT2D eigenvalue weighted by atomic mass is 10.2. The fraction of sp³-hybridized carbons (Fsp3) is 0.947. The van der Waals surface area contributed by atoms with E-state index in [1.165, 1.54) is 64.6 Å². The van der Waals surface area contributed by atoms with Crippen LogP contribution in [0.25, 0.3) is 0 Å². The van der Waals surface area contributed by atoms with Gasteiger partial charge in [0.05, 0.1) is 6.54 Å². The number of hydrogen-bond acceptors (Lipinski definition) is 3. The molecule has 2 atom stereocenters. The quantitative estimate of drug-likeness (QED) is 0.576. The Morgan fingerprint density at radius 3 is 2.62 bits per heavy atom. The number of likely N-dealkylation sites (N-methyl/N-ethyl adjacent to an activating group) is 1. The molecular weight excluding hydrogens is 298 g/mol. The van der Waals surface area contributed by atoms with Crippen LogP contribution < -0.4 is 10.6 Å². The topological polar surface area (TPSA) is 42.9 Å². The van der Waals surface area contributed by atoms with Crippen molar-refractivity contribution in [3.63, 3.8) is 0 Å². The second-order valence-corrected chi connectivity index (χ2v) is 7.71. The van der Waals surface area contributed by atoms with Gasteiger partial charge in [0.2, 0.25) is 0 Å². The lowest BCUT2D eigenvalue weighted by molar-refractivity contribution is 0.242. The highest BCUT2D eigenvalue weighted by Gasteiger charge is 2.30. The second kappa shape index (κ2) is 9.04. The minimum absolute atomic E-state index is 0.564. The van der Waals surface area contributed by atoms with E-state index >= 15 is 0 Å². The number of nitrogens with one attached hydrogen (secondary N) is 2. The second-order valence-electron chi connectivity index (χ2n) is 7.71. The third-order valence-electron chi connectivity index (χ3n) is 6.11. The van der Waals surface area contributed by atoms with Crippen LogP contribution in [-0.4, -0.2) is 73.2 Å². The molecule has 0 bridgehead atoms. The van der Waals surface area contributed by atoms with Crippen molar-refractivity contribution in [1.82, 2.24) is 20.4 Å². The van der Waals surface area contributed by atoms with Gasteiger partial charge in [0.25, 0.3) is 0 Å². The maximum Gasteiger partial charge on any atom is 0.191 e. The summed E-state index contributed by atoms with van der Waals surface area (Å²) in [4.78, 5) is 10.2. The highest BCUT2D eigenvalue weighted by atomic mass is 15.3. The maximum atomic E-state index is 4.91. The van der Waals surface area contributed by atoms with Crippen LogP contribution in [0, 0.1) is 0 Å². The Morgan fingerprint density at radius 1 is 1.04 bits per heavy atom. The van der Waals surface area contributed by atoms with Crippen molar-refractivity contribution < 1.29 is 0 Å². The van der Waals surface area contributed by atoms with E-state index in [1.807, 2.05) is 0 Å². The molecule has 5 heteroatoms. The van der Waals surface area contributed by atoms with Gasteiger partial charge in [0.15, 0.2) is 5.96 Å². The van der Waals surface area contributed by atoms with E-state index in [-0.39, 0.29) is 0 Å². The van der Waals surface area contributed by atoms with Crippen LogP contribution in [0.5, 0.6) is 0 Å². The first kappa shape index (κ1) is 18.0. The number of nitrogens with zero attached hydrogens (tertiary/aromatic N) is 3. The molecule has 0 aromatic rings. The van der Waals surface area contributed by atoms with Gasteiger partial charge in [-0.05, 0) is 52.1 Å². The fourth-order valence-corrected chi connectivity index (χ4v) is 4.73. The zero-order valence-corrected chi connectivity index (χ0v) is 15.8. The number of rotatable bonds is 6. The van der Waals surface area contributed by atoms with Crippen molar-refractivity contribution in [2.75, 3.05) is 39.3 Å². The maximum absolute atomic E-state index is 4.91. The fourth-order valence-electron chi connectivity index (χ4n) is 4.73. The van der Waals surface area contributed by atoms with Crippen molar-refractivity contribution in [1.29, 1.82) is 0 Å². The van der Waals surface area contributed by atoms with Crippen LogP contribution in [0.2, 0.25) is 0 Å². The molecule has 3 aliphatic rings. The van der Waals surface area contributed by atoms with Gasteiger partial charge in [-0.15, -0.1) is 0 Å². The summed E-state index contributed by atoms with van der Waals surface area (Å²) in [5.41, 5.74) is 0. The molecule has 2 saturated heterocycles. The average Bonchev–Trinajstić information content (AvgIpc) is 3.33. The predicted octanol–water partition coefficient (Wildman–Crippen LogP) is 2.04. The number of likely N-dealkylation sites (tertiary alicyclic amines) is 2. The van der Waals surface area contributed by atoms with Gasteiger partial charge in [-0.3, -0.25) is 14.8 Å². The highest BCUT2D eigenvalue weighted by molar-refractivity contribution is 5.80. The lowest BCUT2D eigenvalue weighted by Crippen LogP contribution is -2.46. The Morgan fingerprint density at radius 2 is 1.88 bits per heavy atom. The first-order chi connectivity index (χ1) is 11.8. The minimum atomic E-state index is 0.564. The van der Waals surface area contributed by atoms with Gasteiger partial charge >= 0.3 is 0 Å². The van der Waals surface area contributed by atoms with Gasteiger partial charge in [-0.25, -0.2) is 0 Å². The third-order valence-corrected chi connectivity index (χ3v) is 6.11. The van der Waals surface area contributed by atoms with E-state index in [2.05, 4.69) is 34.3 Å². The van der Waals surface area contributed by atoms with Crippen LogP contribution in [0.1, 0.15) is 58.8 Å². The van der Waals surface area contributed by atoms with Crippen LogP contribution in [0.15, 0.2) is 4.99 Å². The van der Waals surface area contributed by atoms with Crippen molar-refractivity contribution >= 4 is 5.96 Å². The highest BCUT2D eigenvalue weighted by Crippen LogP contribution is 2.26. The molecule has 2 N–H and O–H groups in total. The molecule has 0 aromatic carbocycles. The Bertz CT molecular complexity index is 405. The molecule has 5 nitrogen and oxygen atoms in total. The SMILES string of the molecule is CCNC(=NCC1CCCN1CC)NC1CCN(C2CCCC2)C1. The number of aliphatic imine (C=N–C) groups is 1. The third kappa shape index (κ3) is 4.63. The molecule has 138 valence electrons. The van der Waals surface area contributed by atoms with Crippen LogP contribution in [-0.2, 0) is 0 Å². The summed E-state index contributed by atoms with van der Waals surface area (Å²) in [7, 11) is 0. The summed E-state index contributed by atoms with van der Waals surface area (Å²) < 4.78 is 0. The van der Waals surface area contributed by atoms with Crippen molar-refractivity contribution in [2.24, 2.45) is 4.99 Å². The molecule has 24 heavy (non-hydrogen) atoms. The molecule has 1 aliphatic carbocycles. The molecule has 2 aliphatic heterocycles. The van der Waals surface area contributed by atoms with Crippen LogP contribution in [0.3, 0.4) is 0 Å². The Kier molecular flexibility index (Phi) is 6.78. The largest absolute Gasteiger partial charge is 0.357 e. The van der Waals surface area contributed by atoms with Gasteiger partial charge in [-0.1, -0.05) is 19.8 Å². The normalized spacial score (nSPS) is 30.3. The monoisotopic (exact) mass is 335 g/mol. The standard InChI is InChI=1S/C19H37N5/c1-3-20-19(21-14-18-10-7-12-23(18)4-2)22-16-11-13-24(15-16)17-8-5-6-9-17/h16-18H,3-15H2,1-2H3,(H2,20,21,22). The van der Waals surface area contributed by atoms with Crippen molar-refractivity contribution in [2.45, 2.75) is 76.9 Å². The molecule has 3 rings (SSSR count). The first-order valence-electron chi connectivity index (χ1n) is 10.3. The summed E-state index contributed by atoms with van der Waals surface area (Å²) in [6, 6.07) is 2.06. The van der Waals surface area contributed by atoms with Crippen LogP contribution in [0.4, 0.5) is 0 Å². The van der Waals surface area contributed by atoms with E-state index in [9.17, 15) is 0 Å². The van der Waals surface area contributed by atoms with E-state index < -0.39 is 0 Å². The molecular formula is C19H37N5. The molecule has 2 unspecified atom stereocenters. The molecule has 0 amide bonds. The van der Waals surface area contributed by atoms with E-state index in [4.69, 9.17) is 4.99 Å². The van der Waals surface area contributed by atoms with Crippen LogP contribution >= 0.6 is 0 Å². The zero-order chi connectivity index (χ0) is 16.8. The summed E-state index contributed by atoms with van der Waals surface area (Å²) >= 11 is 0. The summed E-state index contributed by atoms with van der Waals surface area (Å²) in [6.07, 6.45) is 9.57. The Balaban J connectivity index is 1.49. The average molecular weight is 336 g/mol.